The first kappa shape index (κ1) is 25.7. The van der Waals surface area contributed by atoms with Crippen LogP contribution in [0.2, 0.25) is 10.0 Å². The van der Waals surface area contributed by atoms with E-state index in [-0.39, 0.29) is 23.2 Å². The Kier molecular flexibility index (Phi) is 7.76. The van der Waals surface area contributed by atoms with Crippen LogP contribution in [0.5, 0.6) is 0 Å². The van der Waals surface area contributed by atoms with Gasteiger partial charge in [-0.05, 0) is 73.2 Å². The maximum atomic E-state index is 13.9. The van der Waals surface area contributed by atoms with Gasteiger partial charge in [-0.1, -0.05) is 23.2 Å². The predicted octanol–water partition coefficient (Wildman–Crippen LogP) is 6.17. The second kappa shape index (κ2) is 11.2. The average molecular weight is 538 g/mol. The van der Waals surface area contributed by atoms with Gasteiger partial charge in [0.05, 0.1) is 15.7 Å². The molecule has 2 N–H and O–H groups in total. The fourth-order valence-electron chi connectivity index (χ4n) is 3.61. The zero-order valence-electron chi connectivity index (χ0n) is 19.2. The molecule has 2 aromatic carbocycles. The normalized spacial score (nSPS) is 10.5. The summed E-state index contributed by atoms with van der Waals surface area (Å²) < 4.78 is 15.6. The van der Waals surface area contributed by atoms with Crippen LogP contribution >= 0.6 is 23.2 Å². The summed E-state index contributed by atoms with van der Waals surface area (Å²) in [5, 5.41) is 14.8. The minimum atomic E-state index is -0.381. The number of imidazole rings is 1. The number of hydrogen-bond donors (Lipinski definition) is 2. The molecule has 0 atom stereocenters. The second-order valence-electron chi connectivity index (χ2n) is 7.68. The molecular formula is C26H18Cl2FN5O3. The van der Waals surface area contributed by atoms with Crippen LogP contribution in [0.4, 0.5) is 10.2 Å². The topological polar surface area (TPSA) is 109 Å². The minimum Gasteiger partial charge on any atom is -0.483 e. The zero-order chi connectivity index (χ0) is 26.5. The molecule has 1 amide bonds. The van der Waals surface area contributed by atoms with Gasteiger partial charge in [-0.25, -0.2) is 18.9 Å². The maximum Gasteiger partial charge on any atom is 0.290 e. The summed E-state index contributed by atoms with van der Waals surface area (Å²) in [6.07, 6.45) is 3.24. The standard InChI is InChI=1S/C25H16Cl2FN5O.CH2O2/c1-14-11-15(5-7-20(14)28)23-24(33-22(32-23)3-2-9-30-33)16-8-10-29-21(13-16)31-25(34)17-4-6-18(26)19(27)12-17;2-1-3/h2-13H,1H3,(H,29,31,34);1H,(H,2,3). The van der Waals surface area contributed by atoms with E-state index < -0.39 is 0 Å². The molecule has 0 saturated carbocycles. The van der Waals surface area contributed by atoms with Crippen LogP contribution < -0.4 is 5.32 Å². The molecule has 5 aromatic rings. The van der Waals surface area contributed by atoms with Crippen LogP contribution in [0, 0.1) is 12.7 Å². The molecule has 0 aliphatic heterocycles. The first-order valence-corrected chi connectivity index (χ1v) is 11.5. The number of halogens is 3. The maximum absolute atomic E-state index is 13.9. The molecule has 0 aliphatic carbocycles. The van der Waals surface area contributed by atoms with Gasteiger partial charge in [-0.15, -0.1) is 0 Å². The number of nitrogens with zero attached hydrogens (tertiary/aromatic N) is 4. The molecule has 3 heterocycles. The Hall–Kier alpha value is -4.34. The third-order valence-corrected chi connectivity index (χ3v) is 6.02. The molecule has 0 fully saturated rings. The molecule has 37 heavy (non-hydrogen) atoms. The largest absolute Gasteiger partial charge is 0.483 e. The molecule has 8 nitrogen and oxygen atoms in total. The summed E-state index contributed by atoms with van der Waals surface area (Å²) in [6.45, 7) is 1.45. The van der Waals surface area contributed by atoms with Crippen molar-refractivity contribution in [2.45, 2.75) is 6.92 Å². The van der Waals surface area contributed by atoms with Gasteiger partial charge in [0, 0.05) is 29.1 Å². The fourth-order valence-corrected chi connectivity index (χ4v) is 3.91. The van der Waals surface area contributed by atoms with Gasteiger partial charge in [0.15, 0.2) is 5.65 Å². The van der Waals surface area contributed by atoms with Crippen molar-refractivity contribution in [2.24, 2.45) is 0 Å². The Balaban J connectivity index is 0.00000102. The third kappa shape index (κ3) is 5.58. The predicted molar refractivity (Wildman–Crippen MR) is 139 cm³/mol. The summed E-state index contributed by atoms with van der Waals surface area (Å²) in [6, 6.07) is 16.6. The number of anilines is 1. The molecule has 0 radical (unpaired) electrons. The number of pyridine rings is 1. The van der Waals surface area contributed by atoms with Crippen LogP contribution in [-0.4, -0.2) is 37.1 Å². The van der Waals surface area contributed by atoms with Gasteiger partial charge in [0.25, 0.3) is 12.4 Å². The van der Waals surface area contributed by atoms with Gasteiger partial charge in [-0.3, -0.25) is 9.59 Å². The Labute approximate surface area is 220 Å². The van der Waals surface area contributed by atoms with E-state index in [0.29, 0.717) is 39.0 Å². The lowest BCUT2D eigenvalue weighted by Crippen LogP contribution is -2.13. The first-order valence-electron chi connectivity index (χ1n) is 10.7. The van der Waals surface area contributed by atoms with E-state index in [4.69, 9.17) is 38.1 Å². The highest BCUT2D eigenvalue weighted by atomic mass is 35.5. The van der Waals surface area contributed by atoms with Crippen molar-refractivity contribution in [3.05, 3.63) is 100 Å². The highest BCUT2D eigenvalue weighted by Gasteiger charge is 2.19. The highest BCUT2D eigenvalue weighted by Crippen LogP contribution is 2.33. The van der Waals surface area contributed by atoms with Gasteiger partial charge in [0.1, 0.15) is 17.3 Å². The molecular weight excluding hydrogens is 520 g/mol. The van der Waals surface area contributed by atoms with Crippen LogP contribution in [0.15, 0.2) is 73.1 Å². The Bertz CT molecular complexity index is 1620. The summed E-state index contributed by atoms with van der Waals surface area (Å²) >= 11 is 12.0. The number of aryl methyl sites for hydroxylation is 1. The number of carboxylic acid groups (broad SMARTS) is 1. The first-order chi connectivity index (χ1) is 17.8. The van der Waals surface area contributed by atoms with E-state index in [1.165, 1.54) is 12.1 Å². The number of amides is 1. The van der Waals surface area contributed by atoms with Crippen molar-refractivity contribution in [3.63, 3.8) is 0 Å². The lowest BCUT2D eigenvalue weighted by molar-refractivity contribution is -0.122. The molecule has 0 spiro atoms. The summed E-state index contributed by atoms with van der Waals surface area (Å²) in [4.78, 5) is 30.1. The molecule has 0 bridgehead atoms. The van der Waals surface area contributed by atoms with E-state index in [1.54, 1.807) is 66.3 Å². The fraction of sp³-hybridized carbons (Fsp3) is 0.0385. The van der Waals surface area contributed by atoms with Crippen LogP contribution in [0.3, 0.4) is 0 Å². The summed E-state index contributed by atoms with van der Waals surface area (Å²) in [5.41, 5.74) is 4.29. The number of carbonyl (C=O) groups excluding carboxylic acids is 1. The number of hydrogen-bond acceptors (Lipinski definition) is 5. The SMILES string of the molecule is Cc1cc(-c2nc3cccnn3c2-c2ccnc(NC(=O)c3ccc(Cl)c(Cl)c3)c2)ccc1F.O=CO. The highest BCUT2D eigenvalue weighted by molar-refractivity contribution is 6.42. The van der Waals surface area contributed by atoms with E-state index in [1.807, 2.05) is 6.07 Å². The smallest absolute Gasteiger partial charge is 0.290 e. The molecule has 3 aromatic heterocycles. The lowest BCUT2D eigenvalue weighted by atomic mass is 10.0. The van der Waals surface area contributed by atoms with E-state index in [2.05, 4.69) is 15.4 Å². The third-order valence-electron chi connectivity index (χ3n) is 5.28. The summed E-state index contributed by atoms with van der Waals surface area (Å²) in [7, 11) is 0. The monoisotopic (exact) mass is 537 g/mol. The molecule has 5 rings (SSSR count). The molecule has 11 heteroatoms. The van der Waals surface area contributed by atoms with Crippen molar-refractivity contribution in [3.8, 4) is 22.5 Å². The molecule has 0 saturated heterocycles. The quantitative estimate of drug-likeness (QED) is 0.265. The van der Waals surface area contributed by atoms with Crippen molar-refractivity contribution >= 4 is 47.0 Å². The van der Waals surface area contributed by atoms with Crippen LogP contribution in [-0.2, 0) is 4.79 Å². The lowest BCUT2D eigenvalue weighted by Gasteiger charge is -2.09. The number of nitrogens with one attached hydrogen (secondary N) is 1. The number of rotatable bonds is 4. The average Bonchev–Trinajstić information content (AvgIpc) is 3.27. The van der Waals surface area contributed by atoms with E-state index in [0.717, 1.165) is 11.1 Å². The van der Waals surface area contributed by atoms with Gasteiger partial charge < -0.3 is 10.4 Å². The van der Waals surface area contributed by atoms with Gasteiger partial charge in [-0.2, -0.15) is 5.10 Å². The summed E-state index contributed by atoms with van der Waals surface area (Å²) in [5.74, 6) is -0.335. The van der Waals surface area contributed by atoms with E-state index >= 15 is 0 Å². The minimum absolute atomic E-state index is 0.250. The molecule has 0 unspecified atom stereocenters. The number of benzene rings is 2. The van der Waals surface area contributed by atoms with Crippen LogP contribution in [0.25, 0.3) is 28.2 Å². The van der Waals surface area contributed by atoms with Gasteiger partial charge >= 0.3 is 0 Å². The van der Waals surface area contributed by atoms with Crippen LogP contribution in [0.1, 0.15) is 15.9 Å². The number of carbonyl (C=O) groups is 2. The number of aromatic nitrogens is 4. The Morgan fingerprint density at radius 2 is 1.81 bits per heavy atom. The Morgan fingerprint density at radius 1 is 1.03 bits per heavy atom. The van der Waals surface area contributed by atoms with Crippen molar-refractivity contribution < 1.29 is 19.1 Å². The van der Waals surface area contributed by atoms with E-state index in [9.17, 15) is 9.18 Å². The number of fused-ring (bicyclic) bond motifs is 1. The molecule has 0 aliphatic rings. The Morgan fingerprint density at radius 3 is 2.54 bits per heavy atom. The molecule has 186 valence electrons. The van der Waals surface area contributed by atoms with Gasteiger partial charge in [0.2, 0.25) is 0 Å². The van der Waals surface area contributed by atoms with Crippen molar-refractivity contribution in [2.75, 3.05) is 5.32 Å². The van der Waals surface area contributed by atoms with Crippen molar-refractivity contribution in [1.29, 1.82) is 0 Å². The van der Waals surface area contributed by atoms with Crippen molar-refractivity contribution in [1.82, 2.24) is 19.6 Å². The second-order valence-corrected chi connectivity index (χ2v) is 8.50. The zero-order valence-corrected chi connectivity index (χ0v) is 20.7.